The highest BCUT2D eigenvalue weighted by atomic mass is 16.7. The van der Waals surface area contributed by atoms with E-state index < -0.39 is 6.23 Å². The molecule has 82 valence electrons. The molecule has 1 heterocycles. The lowest BCUT2D eigenvalue weighted by Gasteiger charge is -2.24. The van der Waals surface area contributed by atoms with Crippen molar-refractivity contribution in [1.29, 1.82) is 0 Å². The van der Waals surface area contributed by atoms with Crippen LogP contribution < -0.4 is 0 Å². The van der Waals surface area contributed by atoms with E-state index in [0.717, 1.165) is 19.4 Å². The zero-order chi connectivity index (χ0) is 10.6. The number of ether oxygens (including phenoxy) is 2. The maximum Gasteiger partial charge on any atom is 0.318 e. The van der Waals surface area contributed by atoms with Crippen LogP contribution in [0.1, 0.15) is 26.7 Å². The van der Waals surface area contributed by atoms with Gasteiger partial charge in [0.25, 0.3) is 0 Å². The summed E-state index contributed by atoms with van der Waals surface area (Å²) >= 11 is 0. The summed E-state index contributed by atoms with van der Waals surface area (Å²) in [5.74, 6) is -0.105. The van der Waals surface area contributed by atoms with Gasteiger partial charge in [-0.2, -0.15) is 0 Å². The molecule has 0 N–H and O–H groups in total. The van der Waals surface area contributed by atoms with Gasteiger partial charge >= 0.3 is 6.23 Å². The molecule has 1 saturated heterocycles. The summed E-state index contributed by atoms with van der Waals surface area (Å²) in [4.78, 5) is 10.3. The molecule has 0 aromatic rings. The first kappa shape index (κ1) is 11.4. The topological polar surface area (TPSA) is 61.6 Å². The van der Waals surface area contributed by atoms with Crippen molar-refractivity contribution in [2.45, 2.75) is 39.0 Å². The zero-order valence-electron chi connectivity index (χ0n) is 8.64. The highest BCUT2D eigenvalue weighted by Gasteiger charge is 2.29. The van der Waals surface area contributed by atoms with Gasteiger partial charge in [-0.05, 0) is 12.8 Å². The first-order valence-electron chi connectivity index (χ1n) is 4.98. The molecule has 0 bridgehead atoms. The highest BCUT2D eigenvalue weighted by molar-refractivity contribution is 4.64. The number of hydrogen-bond donors (Lipinski definition) is 0. The molecule has 2 unspecified atom stereocenters. The summed E-state index contributed by atoms with van der Waals surface area (Å²) < 4.78 is 10.6. The van der Waals surface area contributed by atoms with E-state index in [2.05, 4.69) is 0 Å². The molecule has 2 atom stereocenters. The molecule has 1 fully saturated rings. The van der Waals surface area contributed by atoms with Gasteiger partial charge in [-0.15, -0.1) is 0 Å². The van der Waals surface area contributed by atoms with Crippen LogP contribution in [0.2, 0.25) is 0 Å². The van der Waals surface area contributed by atoms with Crippen LogP contribution in [-0.2, 0) is 9.47 Å². The molecule has 1 rings (SSSR count). The van der Waals surface area contributed by atoms with Crippen LogP contribution in [0.4, 0.5) is 0 Å². The first-order chi connectivity index (χ1) is 6.61. The van der Waals surface area contributed by atoms with Crippen LogP contribution >= 0.6 is 0 Å². The fourth-order valence-electron chi connectivity index (χ4n) is 1.47. The van der Waals surface area contributed by atoms with Gasteiger partial charge in [0, 0.05) is 12.5 Å². The lowest BCUT2D eigenvalue weighted by Crippen LogP contribution is -2.37. The van der Waals surface area contributed by atoms with E-state index in [0.29, 0.717) is 6.61 Å². The van der Waals surface area contributed by atoms with Crippen LogP contribution in [0.15, 0.2) is 0 Å². The minimum absolute atomic E-state index is 0.105. The monoisotopic (exact) mass is 203 g/mol. The summed E-state index contributed by atoms with van der Waals surface area (Å²) in [6.07, 6.45) is 0.771. The van der Waals surface area contributed by atoms with Crippen LogP contribution in [0.5, 0.6) is 0 Å². The third kappa shape index (κ3) is 3.23. The Balaban J connectivity index is 2.41. The second-order valence-corrected chi connectivity index (χ2v) is 3.90. The molecule has 0 spiro atoms. The number of hydrogen-bond acceptors (Lipinski definition) is 4. The predicted molar refractivity (Wildman–Crippen MR) is 50.5 cm³/mol. The van der Waals surface area contributed by atoms with Crippen molar-refractivity contribution in [3.63, 3.8) is 0 Å². The lowest BCUT2D eigenvalue weighted by molar-refractivity contribution is -0.589. The molecule has 1 aliphatic heterocycles. The standard InChI is InChI=1S/C9H17NO4/c1-7(2)9(10(11)12)14-8-4-3-5-13-6-8/h7-9H,3-6H2,1-2H3. The Hall–Kier alpha value is -0.680. The quantitative estimate of drug-likeness (QED) is 0.394. The third-order valence-electron chi connectivity index (χ3n) is 2.23. The largest absolute Gasteiger partial charge is 0.379 e. The van der Waals surface area contributed by atoms with Crippen LogP contribution in [0.25, 0.3) is 0 Å². The fourth-order valence-corrected chi connectivity index (χ4v) is 1.47. The van der Waals surface area contributed by atoms with Crippen molar-refractivity contribution in [1.82, 2.24) is 0 Å². The Labute approximate surface area is 83.5 Å². The van der Waals surface area contributed by atoms with E-state index in [9.17, 15) is 10.1 Å². The molecule has 5 nitrogen and oxygen atoms in total. The summed E-state index contributed by atoms with van der Waals surface area (Å²) in [7, 11) is 0. The van der Waals surface area contributed by atoms with Gasteiger partial charge in [0.1, 0.15) is 0 Å². The van der Waals surface area contributed by atoms with Crippen LogP contribution in [0.3, 0.4) is 0 Å². The van der Waals surface area contributed by atoms with E-state index >= 15 is 0 Å². The SMILES string of the molecule is CC(C)C(OC1CCCOC1)[N+](=O)[O-]. The van der Waals surface area contributed by atoms with Crippen LogP contribution in [-0.4, -0.2) is 30.5 Å². The molecule has 0 radical (unpaired) electrons. The normalized spacial score (nSPS) is 24.9. The van der Waals surface area contributed by atoms with Crippen molar-refractivity contribution in [3.8, 4) is 0 Å². The van der Waals surface area contributed by atoms with Gasteiger partial charge in [-0.25, -0.2) is 0 Å². The van der Waals surface area contributed by atoms with E-state index in [4.69, 9.17) is 9.47 Å². The van der Waals surface area contributed by atoms with Gasteiger partial charge < -0.3 is 9.47 Å². The van der Waals surface area contributed by atoms with E-state index in [1.54, 1.807) is 13.8 Å². The third-order valence-corrected chi connectivity index (χ3v) is 2.23. The number of rotatable bonds is 4. The van der Waals surface area contributed by atoms with Crippen molar-refractivity contribution >= 4 is 0 Å². The average molecular weight is 203 g/mol. The second-order valence-electron chi connectivity index (χ2n) is 3.90. The van der Waals surface area contributed by atoms with Gasteiger partial charge in [0.05, 0.1) is 17.6 Å². The lowest BCUT2D eigenvalue weighted by atomic mass is 10.1. The Kier molecular flexibility index (Phi) is 4.28. The molecule has 0 amide bonds. The Morgan fingerprint density at radius 3 is 2.71 bits per heavy atom. The maximum absolute atomic E-state index is 10.7. The van der Waals surface area contributed by atoms with E-state index in [1.807, 2.05) is 0 Å². The van der Waals surface area contributed by atoms with Crippen LogP contribution in [0, 0.1) is 16.0 Å². The molecule has 0 aromatic heterocycles. The Morgan fingerprint density at radius 2 is 2.29 bits per heavy atom. The highest BCUT2D eigenvalue weighted by Crippen LogP contribution is 2.16. The summed E-state index contributed by atoms with van der Waals surface area (Å²) in [6, 6.07) is 0. The van der Waals surface area contributed by atoms with Crippen molar-refractivity contribution in [3.05, 3.63) is 10.1 Å². The predicted octanol–water partition coefficient (Wildman–Crippen LogP) is 1.44. The molecule has 1 aliphatic rings. The second kappa shape index (κ2) is 5.26. The molecule has 0 aromatic carbocycles. The smallest absolute Gasteiger partial charge is 0.318 e. The van der Waals surface area contributed by atoms with Crippen molar-refractivity contribution in [2.24, 2.45) is 5.92 Å². The van der Waals surface area contributed by atoms with Crippen molar-refractivity contribution < 1.29 is 14.4 Å². The zero-order valence-corrected chi connectivity index (χ0v) is 8.64. The summed E-state index contributed by atoms with van der Waals surface area (Å²) in [5, 5.41) is 10.7. The molecule has 14 heavy (non-hydrogen) atoms. The molecular formula is C9H17NO4. The van der Waals surface area contributed by atoms with Gasteiger partial charge in [-0.3, -0.25) is 10.1 Å². The molecular weight excluding hydrogens is 186 g/mol. The summed E-state index contributed by atoms with van der Waals surface area (Å²) in [6.45, 7) is 4.80. The Bertz CT molecular complexity index is 189. The number of nitrogens with zero attached hydrogens (tertiary/aromatic N) is 1. The Morgan fingerprint density at radius 1 is 1.57 bits per heavy atom. The number of nitro groups is 1. The van der Waals surface area contributed by atoms with E-state index in [-0.39, 0.29) is 16.9 Å². The molecule has 5 heteroatoms. The first-order valence-corrected chi connectivity index (χ1v) is 4.98. The minimum atomic E-state index is -0.901. The molecule has 0 aliphatic carbocycles. The van der Waals surface area contributed by atoms with E-state index in [1.165, 1.54) is 0 Å². The maximum atomic E-state index is 10.7. The average Bonchev–Trinajstić information content (AvgIpc) is 2.15. The van der Waals surface area contributed by atoms with Gasteiger partial charge in [0.2, 0.25) is 0 Å². The van der Waals surface area contributed by atoms with Crippen molar-refractivity contribution in [2.75, 3.05) is 13.2 Å². The fraction of sp³-hybridized carbons (Fsp3) is 1.00. The summed E-state index contributed by atoms with van der Waals surface area (Å²) in [5.41, 5.74) is 0. The van der Waals surface area contributed by atoms with Gasteiger partial charge in [-0.1, -0.05) is 13.8 Å². The molecule has 0 saturated carbocycles. The van der Waals surface area contributed by atoms with Gasteiger partial charge in [0.15, 0.2) is 0 Å². The minimum Gasteiger partial charge on any atom is -0.379 e.